The highest BCUT2D eigenvalue weighted by Crippen LogP contribution is 2.50. The summed E-state index contributed by atoms with van der Waals surface area (Å²) in [4.78, 5) is 4.88. The summed E-state index contributed by atoms with van der Waals surface area (Å²) in [6.07, 6.45) is 0. The minimum Gasteiger partial charge on any atom is -0.331 e. The van der Waals surface area contributed by atoms with Crippen LogP contribution in [0.1, 0.15) is 11.5 Å². The molecule has 12 aromatic carbocycles. The standard InChI is InChI=1S/C66H46N4/c1-39-45-33-31-43(35-63(45)70(4)68-39)48-21-11-27-54-58(48)37-59-49(44-32-34-62-64(36-44)69(3)40(2)67-62)22-12-28-55(59)65(54)66-56-29-13-25-52(50-23-9-17-41-15-5-7-19-46(41)50)60(56)38-61-53(26-14-30-57(61)66)51-24-10-18-42-16-6-8-20-47(42)51/h5-38H,1-4H3. The monoisotopic (exact) mass is 894 g/mol. The minimum atomic E-state index is 0.997. The molecule has 2 heterocycles. The van der Waals surface area contributed by atoms with Gasteiger partial charge in [0.2, 0.25) is 0 Å². The summed E-state index contributed by atoms with van der Waals surface area (Å²) in [6.45, 7) is 4.17. The van der Waals surface area contributed by atoms with Crippen LogP contribution in [0.5, 0.6) is 0 Å². The Labute approximate surface area is 405 Å². The fraction of sp³-hybridized carbons (Fsp3) is 0.0606. The number of fused-ring (bicyclic) bond motifs is 8. The maximum absolute atomic E-state index is 4.88. The van der Waals surface area contributed by atoms with Crippen LogP contribution in [-0.4, -0.2) is 19.3 Å². The molecule has 0 unspecified atom stereocenters. The fourth-order valence-corrected chi connectivity index (χ4v) is 11.8. The average molecular weight is 895 g/mol. The number of aromatic nitrogens is 4. The van der Waals surface area contributed by atoms with Crippen molar-refractivity contribution in [2.45, 2.75) is 13.8 Å². The fourth-order valence-electron chi connectivity index (χ4n) is 11.8. The molecule has 0 saturated carbocycles. The molecule has 14 aromatic rings. The van der Waals surface area contributed by atoms with Gasteiger partial charge in [0.15, 0.2) is 0 Å². The SMILES string of the molecule is Cc1nn(C)c2cc(-c3cccc4c(-c5c6cccc(-c7cccc8ccccc78)c6cc6c(-c7cccc8ccccc78)cccc56)c5cccc(-c6ccc7nc(C)n(C)c7c6)c5cc34)ccc12. The lowest BCUT2D eigenvalue weighted by molar-refractivity contribution is 0.783. The predicted octanol–water partition coefficient (Wildman–Crippen LogP) is 17.3. The van der Waals surface area contributed by atoms with Crippen molar-refractivity contribution >= 4 is 86.6 Å². The summed E-state index contributed by atoms with van der Waals surface area (Å²) in [5.74, 6) is 0.997. The molecule has 0 aliphatic rings. The number of benzene rings is 12. The van der Waals surface area contributed by atoms with Gasteiger partial charge in [-0.05, 0) is 164 Å². The Kier molecular flexibility index (Phi) is 8.81. The van der Waals surface area contributed by atoms with Crippen molar-refractivity contribution in [3.05, 3.63) is 218 Å². The normalized spacial score (nSPS) is 12.0. The van der Waals surface area contributed by atoms with Gasteiger partial charge in [0.1, 0.15) is 5.82 Å². The molecule has 2 aromatic heterocycles. The van der Waals surface area contributed by atoms with Crippen LogP contribution >= 0.6 is 0 Å². The molecule has 0 N–H and O–H groups in total. The summed E-state index contributed by atoms with van der Waals surface area (Å²) >= 11 is 0. The summed E-state index contributed by atoms with van der Waals surface area (Å²) in [5, 5.41) is 20.6. The van der Waals surface area contributed by atoms with Gasteiger partial charge in [-0.25, -0.2) is 4.98 Å². The Morgan fingerprint density at radius 3 is 1.26 bits per heavy atom. The molecule has 0 radical (unpaired) electrons. The molecule has 330 valence electrons. The molecular weight excluding hydrogens is 849 g/mol. The van der Waals surface area contributed by atoms with Crippen LogP contribution in [0.4, 0.5) is 0 Å². The molecule has 0 atom stereocenters. The quantitative estimate of drug-likeness (QED) is 0.161. The van der Waals surface area contributed by atoms with E-state index in [-0.39, 0.29) is 0 Å². The summed E-state index contributed by atoms with van der Waals surface area (Å²) < 4.78 is 4.21. The van der Waals surface area contributed by atoms with Crippen LogP contribution in [0.15, 0.2) is 206 Å². The number of hydrogen-bond acceptors (Lipinski definition) is 2. The van der Waals surface area contributed by atoms with Crippen LogP contribution in [0.25, 0.3) is 142 Å². The molecule has 70 heavy (non-hydrogen) atoms. The Hall–Kier alpha value is -8.86. The number of rotatable bonds is 5. The molecular formula is C66H46N4. The highest BCUT2D eigenvalue weighted by molar-refractivity contribution is 6.29. The van der Waals surface area contributed by atoms with E-state index in [2.05, 4.69) is 232 Å². The second kappa shape index (κ2) is 15.3. The summed E-state index contributed by atoms with van der Waals surface area (Å²) in [6, 6.07) is 77.3. The predicted molar refractivity (Wildman–Crippen MR) is 297 cm³/mol. The zero-order valence-electron chi connectivity index (χ0n) is 39.4. The summed E-state index contributed by atoms with van der Waals surface area (Å²) in [5.41, 5.74) is 16.3. The summed E-state index contributed by atoms with van der Waals surface area (Å²) in [7, 11) is 4.16. The maximum Gasteiger partial charge on any atom is 0.106 e. The van der Waals surface area contributed by atoms with Gasteiger partial charge in [-0.15, -0.1) is 0 Å². The lowest BCUT2D eigenvalue weighted by Gasteiger charge is -2.22. The van der Waals surface area contributed by atoms with E-state index in [1.54, 1.807) is 0 Å². The van der Waals surface area contributed by atoms with Gasteiger partial charge >= 0.3 is 0 Å². The molecule has 0 amide bonds. The molecule has 0 bridgehead atoms. The Balaban J connectivity index is 1.17. The van der Waals surface area contributed by atoms with Gasteiger partial charge in [0, 0.05) is 19.5 Å². The van der Waals surface area contributed by atoms with Gasteiger partial charge < -0.3 is 4.57 Å². The second-order valence-electron chi connectivity index (χ2n) is 19.0. The molecule has 14 rings (SSSR count). The van der Waals surface area contributed by atoms with Crippen molar-refractivity contribution in [1.82, 2.24) is 19.3 Å². The molecule has 0 saturated heterocycles. The van der Waals surface area contributed by atoms with Crippen LogP contribution in [0.2, 0.25) is 0 Å². The smallest absolute Gasteiger partial charge is 0.106 e. The molecule has 4 nitrogen and oxygen atoms in total. The van der Waals surface area contributed by atoms with Gasteiger partial charge in [-0.1, -0.05) is 176 Å². The van der Waals surface area contributed by atoms with E-state index in [1.807, 2.05) is 11.7 Å². The largest absolute Gasteiger partial charge is 0.331 e. The van der Waals surface area contributed by atoms with E-state index in [0.717, 1.165) is 39.2 Å². The first-order chi connectivity index (χ1) is 34.4. The van der Waals surface area contributed by atoms with Gasteiger partial charge in [-0.2, -0.15) is 5.10 Å². The van der Waals surface area contributed by atoms with Crippen LogP contribution in [0, 0.1) is 13.8 Å². The van der Waals surface area contributed by atoms with Crippen molar-refractivity contribution in [2.24, 2.45) is 14.1 Å². The van der Waals surface area contributed by atoms with Crippen molar-refractivity contribution in [1.29, 1.82) is 0 Å². The molecule has 0 aliphatic carbocycles. The Bertz CT molecular complexity index is 4310. The minimum absolute atomic E-state index is 0.997. The topological polar surface area (TPSA) is 35.6 Å². The highest BCUT2D eigenvalue weighted by Gasteiger charge is 2.23. The van der Waals surface area contributed by atoms with E-state index >= 15 is 0 Å². The first-order valence-electron chi connectivity index (χ1n) is 24.2. The van der Waals surface area contributed by atoms with E-state index in [9.17, 15) is 0 Å². The maximum atomic E-state index is 4.88. The lowest BCUT2D eigenvalue weighted by atomic mass is 9.81. The first kappa shape index (κ1) is 40.2. The van der Waals surface area contributed by atoms with Crippen LogP contribution in [-0.2, 0) is 14.1 Å². The van der Waals surface area contributed by atoms with E-state index in [1.165, 1.54) is 115 Å². The third kappa shape index (κ3) is 5.96. The van der Waals surface area contributed by atoms with Crippen molar-refractivity contribution in [3.63, 3.8) is 0 Å². The Morgan fingerprint density at radius 1 is 0.329 bits per heavy atom. The number of hydrogen-bond donors (Lipinski definition) is 0. The molecule has 0 fully saturated rings. The molecule has 4 heteroatoms. The number of nitrogens with zero attached hydrogens (tertiary/aromatic N) is 4. The second-order valence-corrected chi connectivity index (χ2v) is 19.0. The first-order valence-corrected chi connectivity index (χ1v) is 24.2. The molecule has 0 spiro atoms. The van der Waals surface area contributed by atoms with Gasteiger partial charge in [0.25, 0.3) is 0 Å². The molecule has 0 aliphatic heterocycles. The third-order valence-electron chi connectivity index (χ3n) is 15.3. The zero-order chi connectivity index (χ0) is 46.8. The highest BCUT2D eigenvalue weighted by atomic mass is 15.3. The van der Waals surface area contributed by atoms with Crippen molar-refractivity contribution in [3.8, 4) is 55.6 Å². The number of imidazole rings is 1. The van der Waals surface area contributed by atoms with Crippen molar-refractivity contribution < 1.29 is 0 Å². The lowest BCUT2D eigenvalue weighted by Crippen LogP contribution is -1.95. The Morgan fingerprint density at radius 2 is 0.729 bits per heavy atom. The average Bonchev–Trinajstić information content (AvgIpc) is 3.86. The van der Waals surface area contributed by atoms with Gasteiger partial charge in [-0.3, -0.25) is 4.68 Å². The van der Waals surface area contributed by atoms with E-state index < -0.39 is 0 Å². The van der Waals surface area contributed by atoms with Gasteiger partial charge in [0.05, 0.1) is 22.2 Å². The zero-order valence-corrected chi connectivity index (χ0v) is 39.4. The van der Waals surface area contributed by atoms with E-state index in [0.29, 0.717) is 0 Å². The van der Waals surface area contributed by atoms with E-state index in [4.69, 9.17) is 10.1 Å². The van der Waals surface area contributed by atoms with Crippen LogP contribution < -0.4 is 0 Å². The van der Waals surface area contributed by atoms with Crippen LogP contribution in [0.3, 0.4) is 0 Å². The third-order valence-corrected chi connectivity index (χ3v) is 15.3. The van der Waals surface area contributed by atoms with Crippen molar-refractivity contribution in [2.75, 3.05) is 0 Å². The number of aryl methyl sites for hydroxylation is 4.